The Hall–Kier alpha value is -3.81. The number of carbonyl (C=O) groups excluding carboxylic acids is 3. The predicted molar refractivity (Wildman–Crippen MR) is 117 cm³/mol. The van der Waals surface area contributed by atoms with Crippen molar-refractivity contribution in [2.24, 2.45) is 0 Å². The summed E-state index contributed by atoms with van der Waals surface area (Å²) < 4.78 is 7.42. The van der Waals surface area contributed by atoms with Crippen LogP contribution < -0.4 is 20.7 Å². The number of fused-ring (bicyclic) bond motifs is 2. The van der Waals surface area contributed by atoms with Gasteiger partial charge in [-0.15, -0.1) is 0 Å². The molecule has 4 rings (SSSR count). The largest absolute Gasteiger partial charge is 0.496 e. The lowest BCUT2D eigenvalue weighted by atomic mass is 10.1. The second kappa shape index (κ2) is 8.91. The Bertz CT molecular complexity index is 1140. The van der Waals surface area contributed by atoms with Crippen molar-refractivity contribution in [3.8, 4) is 5.75 Å². The zero-order valence-corrected chi connectivity index (χ0v) is 17.2. The average Bonchev–Trinajstić information content (AvgIpc) is 3.14. The Labute approximate surface area is 179 Å². The van der Waals surface area contributed by atoms with Gasteiger partial charge in [-0.25, -0.2) is 0 Å². The zero-order valence-electron chi connectivity index (χ0n) is 17.2. The van der Waals surface area contributed by atoms with Crippen molar-refractivity contribution in [2.45, 2.75) is 25.4 Å². The second-order valence-electron chi connectivity index (χ2n) is 7.35. The molecule has 0 spiro atoms. The highest BCUT2D eigenvalue weighted by Gasteiger charge is 2.27. The van der Waals surface area contributed by atoms with E-state index in [1.807, 2.05) is 35.0 Å². The number of rotatable bonds is 7. The predicted octanol–water partition coefficient (Wildman–Crippen LogP) is 2.30. The molecule has 0 aliphatic carbocycles. The fraction of sp³-hybridized carbons (Fsp3) is 0.261. The lowest BCUT2D eigenvalue weighted by Gasteiger charge is -2.14. The standard InChI is InChI=1S/C23H24N4O4/c1-31-20-8-4-7-19-16(20)11-13-27(19)14-12-24-21(28)10-9-18-23(30)25-17-6-3-2-5-15(17)22(29)26-18/h2-8,11,13,18H,9-10,12,14H2,1H3,(H,24,28)(H,25,30)(H,26,29). The first kappa shape index (κ1) is 20.5. The second-order valence-corrected chi connectivity index (χ2v) is 7.35. The maximum Gasteiger partial charge on any atom is 0.254 e. The highest BCUT2D eigenvalue weighted by molar-refractivity contribution is 6.09. The van der Waals surface area contributed by atoms with Crippen LogP contribution in [0.25, 0.3) is 10.9 Å². The number of anilines is 1. The number of nitrogens with one attached hydrogen (secondary N) is 3. The van der Waals surface area contributed by atoms with Gasteiger partial charge >= 0.3 is 0 Å². The minimum atomic E-state index is -0.758. The topological polar surface area (TPSA) is 101 Å². The molecule has 0 fully saturated rings. The summed E-state index contributed by atoms with van der Waals surface area (Å²) in [4.78, 5) is 37.0. The van der Waals surface area contributed by atoms with E-state index < -0.39 is 6.04 Å². The molecule has 8 heteroatoms. The molecule has 2 aromatic carbocycles. The molecule has 0 bridgehead atoms. The number of hydrogen-bond acceptors (Lipinski definition) is 4. The van der Waals surface area contributed by atoms with Crippen LogP contribution in [0.4, 0.5) is 5.69 Å². The van der Waals surface area contributed by atoms with E-state index in [9.17, 15) is 14.4 Å². The summed E-state index contributed by atoms with van der Waals surface area (Å²) >= 11 is 0. The monoisotopic (exact) mass is 420 g/mol. The first-order valence-electron chi connectivity index (χ1n) is 10.2. The fourth-order valence-electron chi connectivity index (χ4n) is 3.76. The van der Waals surface area contributed by atoms with Gasteiger partial charge in [-0.05, 0) is 36.8 Å². The van der Waals surface area contributed by atoms with Crippen LogP contribution in [0.3, 0.4) is 0 Å². The van der Waals surface area contributed by atoms with Gasteiger partial charge in [0.15, 0.2) is 0 Å². The molecule has 0 saturated carbocycles. The first-order chi connectivity index (χ1) is 15.1. The molecule has 1 aromatic heterocycles. The molecular weight excluding hydrogens is 396 g/mol. The summed E-state index contributed by atoms with van der Waals surface area (Å²) in [5, 5.41) is 9.35. The van der Waals surface area contributed by atoms with Crippen LogP contribution in [0, 0.1) is 0 Å². The van der Waals surface area contributed by atoms with E-state index in [0.717, 1.165) is 16.7 Å². The molecule has 3 N–H and O–H groups in total. The Balaban J connectivity index is 1.28. The van der Waals surface area contributed by atoms with Crippen LogP contribution in [-0.2, 0) is 16.1 Å². The Morgan fingerprint density at radius 3 is 2.81 bits per heavy atom. The average molecular weight is 420 g/mol. The molecule has 1 unspecified atom stereocenters. The van der Waals surface area contributed by atoms with Gasteiger partial charge in [-0.2, -0.15) is 0 Å². The van der Waals surface area contributed by atoms with Crippen LogP contribution in [0.15, 0.2) is 54.7 Å². The van der Waals surface area contributed by atoms with Gasteiger partial charge < -0.3 is 25.3 Å². The van der Waals surface area contributed by atoms with Crippen LogP contribution in [0.5, 0.6) is 5.75 Å². The zero-order chi connectivity index (χ0) is 21.8. The molecule has 1 aliphatic rings. The van der Waals surface area contributed by atoms with Crippen LogP contribution in [0.1, 0.15) is 23.2 Å². The van der Waals surface area contributed by atoms with Gasteiger partial charge in [0.05, 0.1) is 23.9 Å². The summed E-state index contributed by atoms with van der Waals surface area (Å²) in [6, 6.07) is 13.9. The number of ether oxygens (including phenoxy) is 1. The lowest BCUT2D eigenvalue weighted by molar-refractivity contribution is -0.121. The van der Waals surface area contributed by atoms with Gasteiger partial charge in [0.2, 0.25) is 11.8 Å². The van der Waals surface area contributed by atoms with Gasteiger partial charge in [-0.1, -0.05) is 18.2 Å². The molecule has 2 heterocycles. The summed E-state index contributed by atoms with van der Waals surface area (Å²) in [6.07, 6.45) is 2.32. The number of carbonyl (C=O) groups is 3. The molecule has 3 amide bonds. The molecule has 8 nitrogen and oxygen atoms in total. The van der Waals surface area contributed by atoms with Crippen molar-refractivity contribution in [3.05, 3.63) is 60.3 Å². The minimum Gasteiger partial charge on any atom is -0.496 e. The summed E-state index contributed by atoms with van der Waals surface area (Å²) in [5.41, 5.74) is 1.93. The summed E-state index contributed by atoms with van der Waals surface area (Å²) in [5.74, 6) is -0.00265. The van der Waals surface area contributed by atoms with Crippen molar-refractivity contribution in [1.82, 2.24) is 15.2 Å². The van der Waals surface area contributed by atoms with Crippen molar-refractivity contribution in [1.29, 1.82) is 0 Å². The van der Waals surface area contributed by atoms with Crippen molar-refractivity contribution in [3.63, 3.8) is 0 Å². The summed E-state index contributed by atoms with van der Waals surface area (Å²) in [6.45, 7) is 1.06. The quantitative estimate of drug-likeness (QED) is 0.546. The Kier molecular flexibility index (Phi) is 5.88. The molecule has 31 heavy (non-hydrogen) atoms. The number of hydrogen-bond donors (Lipinski definition) is 3. The van der Waals surface area contributed by atoms with Crippen LogP contribution >= 0.6 is 0 Å². The fourth-order valence-corrected chi connectivity index (χ4v) is 3.76. The van der Waals surface area contributed by atoms with Gasteiger partial charge in [0, 0.05) is 31.1 Å². The van der Waals surface area contributed by atoms with Gasteiger partial charge in [-0.3, -0.25) is 14.4 Å². The van der Waals surface area contributed by atoms with E-state index >= 15 is 0 Å². The Morgan fingerprint density at radius 2 is 1.97 bits per heavy atom. The molecular formula is C23H24N4O4. The van der Waals surface area contributed by atoms with Crippen LogP contribution in [-0.4, -0.2) is 42.0 Å². The molecule has 3 aromatic rings. The number of methoxy groups -OCH3 is 1. The van der Waals surface area contributed by atoms with Crippen molar-refractivity contribution in [2.75, 3.05) is 19.0 Å². The normalized spacial score (nSPS) is 15.6. The van der Waals surface area contributed by atoms with Crippen LogP contribution in [0.2, 0.25) is 0 Å². The third-order valence-corrected chi connectivity index (χ3v) is 5.38. The van der Waals surface area contributed by atoms with E-state index in [-0.39, 0.29) is 30.6 Å². The van der Waals surface area contributed by atoms with Gasteiger partial charge in [0.1, 0.15) is 11.8 Å². The molecule has 0 saturated heterocycles. The maximum absolute atomic E-state index is 12.4. The van der Waals surface area contributed by atoms with E-state index in [1.54, 1.807) is 31.4 Å². The molecule has 1 aliphatic heterocycles. The highest BCUT2D eigenvalue weighted by atomic mass is 16.5. The number of amides is 3. The smallest absolute Gasteiger partial charge is 0.254 e. The maximum atomic E-state index is 12.4. The van der Waals surface area contributed by atoms with E-state index in [4.69, 9.17) is 4.74 Å². The molecule has 0 radical (unpaired) electrons. The Morgan fingerprint density at radius 1 is 1.13 bits per heavy atom. The third kappa shape index (κ3) is 4.37. The van der Waals surface area contributed by atoms with E-state index in [1.165, 1.54) is 0 Å². The van der Waals surface area contributed by atoms with E-state index in [0.29, 0.717) is 24.3 Å². The minimum absolute atomic E-state index is 0.134. The number of para-hydroxylation sites is 1. The molecule has 1 atom stereocenters. The number of aromatic nitrogens is 1. The first-order valence-corrected chi connectivity index (χ1v) is 10.2. The number of nitrogens with zero attached hydrogens (tertiary/aromatic N) is 1. The van der Waals surface area contributed by atoms with Crippen molar-refractivity contribution >= 4 is 34.3 Å². The molecule has 160 valence electrons. The summed E-state index contributed by atoms with van der Waals surface area (Å²) in [7, 11) is 1.64. The van der Waals surface area contributed by atoms with E-state index in [2.05, 4.69) is 16.0 Å². The van der Waals surface area contributed by atoms with Gasteiger partial charge in [0.25, 0.3) is 5.91 Å². The third-order valence-electron chi connectivity index (χ3n) is 5.38. The lowest BCUT2D eigenvalue weighted by Crippen LogP contribution is -2.42. The van der Waals surface area contributed by atoms with Crippen molar-refractivity contribution < 1.29 is 19.1 Å². The SMILES string of the molecule is COc1cccc2c1ccn2CCNC(=O)CCC1NC(=O)c2ccccc2NC1=O. The highest BCUT2D eigenvalue weighted by Crippen LogP contribution is 2.26. The number of benzene rings is 2.